The fourth-order valence-corrected chi connectivity index (χ4v) is 4.87. The number of phenols is 1. The molecular formula is C24H22F3NO4. The molecule has 0 saturated heterocycles. The van der Waals surface area contributed by atoms with E-state index in [4.69, 9.17) is 0 Å². The number of phenolic OH excluding ortho intramolecular Hbond substituents is 1. The zero-order valence-corrected chi connectivity index (χ0v) is 17.4. The zero-order chi connectivity index (χ0) is 23.2. The third kappa shape index (κ3) is 3.63. The maximum atomic E-state index is 15.1. The van der Waals surface area contributed by atoms with Crippen molar-refractivity contribution in [1.82, 2.24) is 4.57 Å². The van der Waals surface area contributed by atoms with E-state index < -0.39 is 41.0 Å². The highest BCUT2D eigenvalue weighted by molar-refractivity contribution is 6.05. The number of hydrogen-bond acceptors (Lipinski definition) is 3. The normalized spacial score (nSPS) is 15.4. The van der Waals surface area contributed by atoms with Gasteiger partial charge in [0.15, 0.2) is 17.4 Å². The van der Waals surface area contributed by atoms with Gasteiger partial charge in [-0.2, -0.15) is 0 Å². The van der Waals surface area contributed by atoms with E-state index in [2.05, 4.69) is 0 Å². The Morgan fingerprint density at radius 2 is 1.84 bits per heavy atom. The van der Waals surface area contributed by atoms with Crippen molar-refractivity contribution < 1.29 is 33.0 Å². The van der Waals surface area contributed by atoms with Gasteiger partial charge in [-0.25, -0.2) is 13.2 Å². The number of carboxylic acids is 1. The van der Waals surface area contributed by atoms with Crippen LogP contribution in [0.4, 0.5) is 13.2 Å². The summed E-state index contributed by atoms with van der Waals surface area (Å²) in [5.74, 6) is -7.47. The van der Waals surface area contributed by atoms with E-state index >= 15 is 4.39 Å². The molecule has 0 bridgehead atoms. The number of halogens is 3. The van der Waals surface area contributed by atoms with E-state index in [0.29, 0.717) is 0 Å². The number of rotatable bonds is 5. The number of aromatic hydroxyl groups is 1. The minimum atomic E-state index is -1.32. The van der Waals surface area contributed by atoms with Crippen molar-refractivity contribution in [3.8, 4) is 5.75 Å². The van der Waals surface area contributed by atoms with E-state index in [9.17, 15) is 28.6 Å². The maximum Gasteiger partial charge on any atom is 0.311 e. The predicted molar refractivity (Wildman–Crippen MR) is 111 cm³/mol. The van der Waals surface area contributed by atoms with Gasteiger partial charge in [0.25, 0.3) is 5.91 Å². The fraction of sp³-hybridized carbons (Fsp3) is 0.333. The van der Waals surface area contributed by atoms with Crippen LogP contribution in [-0.2, 0) is 4.79 Å². The number of carboxylic acid groups (broad SMARTS) is 1. The lowest BCUT2D eigenvalue weighted by Gasteiger charge is -2.18. The Balaban J connectivity index is 1.98. The van der Waals surface area contributed by atoms with Crippen molar-refractivity contribution in [2.75, 3.05) is 0 Å². The first-order valence-corrected chi connectivity index (χ1v) is 10.5. The van der Waals surface area contributed by atoms with Gasteiger partial charge in [0.05, 0.1) is 11.4 Å². The second-order valence-corrected chi connectivity index (χ2v) is 8.34. The minimum Gasteiger partial charge on any atom is -0.503 e. The number of aliphatic carboxylic acids is 1. The molecule has 1 fully saturated rings. The zero-order valence-electron chi connectivity index (χ0n) is 17.4. The predicted octanol–water partition coefficient (Wildman–Crippen LogP) is 5.51. The molecule has 1 saturated carbocycles. The van der Waals surface area contributed by atoms with E-state index in [1.54, 1.807) is 0 Å². The summed E-state index contributed by atoms with van der Waals surface area (Å²) in [5, 5.41) is 19.6. The van der Waals surface area contributed by atoms with Crippen molar-refractivity contribution in [2.45, 2.75) is 44.9 Å². The van der Waals surface area contributed by atoms with Crippen LogP contribution in [0.1, 0.15) is 59.6 Å². The molecule has 1 aliphatic rings. The van der Waals surface area contributed by atoms with Crippen molar-refractivity contribution >= 4 is 22.8 Å². The molecule has 2 N–H and O–H groups in total. The maximum absolute atomic E-state index is 15.1. The molecule has 2 aromatic carbocycles. The molecule has 1 aromatic heterocycles. The van der Waals surface area contributed by atoms with E-state index in [0.717, 1.165) is 48.4 Å². The lowest BCUT2D eigenvalue weighted by Crippen LogP contribution is -2.18. The molecule has 1 heterocycles. The Kier molecular flexibility index (Phi) is 5.71. The lowest BCUT2D eigenvalue weighted by atomic mass is 9.86. The highest BCUT2D eigenvalue weighted by Crippen LogP contribution is 2.42. The first-order valence-electron chi connectivity index (χ1n) is 10.5. The Morgan fingerprint density at radius 1 is 1.16 bits per heavy atom. The van der Waals surface area contributed by atoms with Gasteiger partial charge in [-0.05, 0) is 43.0 Å². The molecule has 0 radical (unpaired) electrons. The van der Waals surface area contributed by atoms with E-state index in [-0.39, 0.29) is 40.1 Å². The number of hydrogen-bond donors (Lipinski definition) is 2. The molecule has 32 heavy (non-hydrogen) atoms. The SMILES string of the molecule is Cc1c([C@H](CC2CCCC2)C(=O)O)c2c(F)c(O)c(F)cc2n1C(=O)c1cccc(F)c1. The van der Waals surface area contributed by atoms with Crippen LogP contribution in [0.5, 0.6) is 5.75 Å². The Bertz CT molecular complexity index is 1230. The minimum absolute atomic E-state index is 0.0250. The number of fused-ring (bicyclic) bond motifs is 1. The van der Waals surface area contributed by atoms with Gasteiger partial charge in [0, 0.05) is 22.7 Å². The molecule has 1 aliphatic carbocycles. The average molecular weight is 445 g/mol. The summed E-state index contributed by atoms with van der Waals surface area (Å²) < 4.78 is 44.1. The molecule has 3 aromatic rings. The van der Waals surface area contributed by atoms with Crippen molar-refractivity contribution in [2.24, 2.45) is 5.92 Å². The molecule has 0 unspecified atom stereocenters. The summed E-state index contributed by atoms with van der Waals surface area (Å²) >= 11 is 0. The number of aromatic nitrogens is 1. The molecule has 8 heteroatoms. The molecule has 0 aliphatic heterocycles. The van der Waals surface area contributed by atoms with Crippen LogP contribution in [0.15, 0.2) is 30.3 Å². The van der Waals surface area contributed by atoms with Crippen LogP contribution >= 0.6 is 0 Å². The monoisotopic (exact) mass is 445 g/mol. The third-order valence-corrected chi connectivity index (χ3v) is 6.37. The number of carbonyl (C=O) groups is 2. The van der Waals surface area contributed by atoms with Gasteiger partial charge in [0.2, 0.25) is 0 Å². The summed E-state index contributed by atoms with van der Waals surface area (Å²) in [6.45, 7) is 1.45. The lowest BCUT2D eigenvalue weighted by molar-refractivity contribution is -0.139. The van der Waals surface area contributed by atoms with Gasteiger partial charge in [0.1, 0.15) is 5.82 Å². The van der Waals surface area contributed by atoms with Crippen molar-refractivity contribution in [3.05, 3.63) is 64.6 Å². The Hall–Kier alpha value is -3.29. The number of carbonyl (C=O) groups excluding carboxylic acids is 1. The van der Waals surface area contributed by atoms with Crippen molar-refractivity contribution in [3.63, 3.8) is 0 Å². The first kappa shape index (κ1) is 21.9. The summed E-state index contributed by atoms with van der Waals surface area (Å²) in [6, 6.07) is 5.64. The largest absolute Gasteiger partial charge is 0.503 e. The second-order valence-electron chi connectivity index (χ2n) is 8.34. The van der Waals surface area contributed by atoms with Crippen LogP contribution in [0.25, 0.3) is 10.9 Å². The highest BCUT2D eigenvalue weighted by atomic mass is 19.1. The van der Waals surface area contributed by atoms with Gasteiger partial charge < -0.3 is 10.2 Å². The van der Waals surface area contributed by atoms with Crippen molar-refractivity contribution in [1.29, 1.82) is 0 Å². The van der Waals surface area contributed by atoms with Gasteiger partial charge in [-0.15, -0.1) is 0 Å². The molecule has 4 rings (SSSR count). The summed E-state index contributed by atoms with van der Waals surface area (Å²) in [7, 11) is 0. The molecule has 5 nitrogen and oxygen atoms in total. The molecule has 0 amide bonds. The van der Waals surface area contributed by atoms with Gasteiger partial charge in [-0.1, -0.05) is 31.7 Å². The summed E-state index contributed by atoms with van der Waals surface area (Å²) in [5.41, 5.74) is -0.133. The fourth-order valence-electron chi connectivity index (χ4n) is 4.87. The van der Waals surface area contributed by atoms with E-state index in [1.807, 2.05) is 0 Å². The standard InChI is InChI=1S/C24H22F3NO4/c1-12-19(16(24(31)32)9-13-5-2-3-6-13)20-18(11-17(26)22(29)21(20)27)28(12)23(30)14-7-4-8-15(25)10-14/h4,7-8,10-11,13,16,29H,2-3,5-6,9H2,1H3,(H,31,32)/t16-/m0/s1. The Morgan fingerprint density at radius 3 is 2.47 bits per heavy atom. The summed E-state index contributed by atoms with van der Waals surface area (Å²) in [6.07, 6.45) is 3.91. The third-order valence-electron chi connectivity index (χ3n) is 6.37. The van der Waals surface area contributed by atoms with Crippen LogP contribution in [-0.4, -0.2) is 26.7 Å². The van der Waals surface area contributed by atoms with E-state index in [1.165, 1.54) is 19.1 Å². The van der Waals surface area contributed by atoms with Gasteiger partial charge >= 0.3 is 5.97 Å². The van der Waals surface area contributed by atoms with Gasteiger partial charge in [-0.3, -0.25) is 14.2 Å². The van der Waals surface area contributed by atoms with Crippen LogP contribution in [0, 0.1) is 30.3 Å². The van der Waals surface area contributed by atoms with Crippen LogP contribution in [0.2, 0.25) is 0 Å². The smallest absolute Gasteiger partial charge is 0.311 e. The topological polar surface area (TPSA) is 79.5 Å². The number of nitrogens with zero attached hydrogens (tertiary/aromatic N) is 1. The summed E-state index contributed by atoms with van der Waals surface area (Å²) in [4.78, 5) is 25.5. The molecular weight excluding hydrogens is 423 g/mol. The quantitative estimate of drug-likeness (QED) is 0.543. The molecule has 168 valence electrons. The molecule has 1 atom stereocenters. The van der Waals surface area contributed by atoms with Crippen LogP contribution < -0.4 is 0 Å². The number of benzene rings is 2. The highest BCUT2D eigenvalue weighted by Gasteiger charge is 2.34. The van der Waals surface area contributed by atoms with Crippen LogP contribution in [0.3, 0.4) is 0 Å². The second kappa shape index (κ2) is 8.33. The Labute approximate surface area is 182 Å². The first-order chi connectivity index (χ1) is 15.2. The average Bonchev–Trinajstić information content (AvgIpc) is 3.35. The molecule has 0 spiro atoms.